The van der Waals surface area contributed by atoms with Gasteiger partial charge < -0.3 is 4.74 Å². The molecule has 0 aliphatic carbocycles. The summed E-state index contributed by atoms with van der Waals surface area (Å²) in [6, 6.07) is 8.43. The first-order chi connectivity index (χ1) is 8.83. The minimum absolute atomic E-state index is 0.752. The fraction of sp³-hybridized carbons (Fsp3) is 0.500. The summed E-state index contributed by atoms with van der Waals surface area (Å²) in [5.41, 5.74) is 2.82. The van der Waals surface area contributed by atoms with Gasteiger partial charge in [-0.15, -0.1) is 0 Å². The summed E-state index contributed by atoms with van der Waals surface area (Å²) < 4.78 is 7.12. The van der Waals surface area contributed by atoms with E-state index < -0.39 is 0 Å². The second-order valence-corrected chi connectivity index (χ2v) is 6.13. The normalized spacial score (nSPS) is 14.3. The van der Waals surface area contributed by atoms with Gasteiger partial charge in [0.1, 0.15) is 12.4 Å². The number of rotatable bonds is 6. The first-order valence-electron chi connectivity index (χ1n) is 6.92. The highest BCUT2D eigenvalue weighted by Crippen LogP contribution is 2.38. The second-order valence-electron chi connectivity index (χ2n) is 4.83. The average molecular weight is 356 g/mol. The Morgan fingerprint density at radius 1 is 1.11 bits per heavy atom. The van der Waals surface area contributed by atoms with Crippen molar-refractivity contribution in [3.63, 3.8) is 0 Å². The third-order valence-electron chi connectivity index (χ3n) is 3.42. The van der Waals surface area contributed by atoms with Crippen molar-refractivity contribution in [2.45, 2.75) is 45.4 Å². The van der Waals surface area contributed by atoms with Crippen LogP contribution in [0.5, 0.6) is 5.75 Å². The number of fused-ring (bicyclic) bond motifs is 1. The summed E-state index contributed by atoms with van der Waals surface area (Å²) in [6.07, 6.45) is 7.91. The van der Waals surface area contributed by atoms with Crippen LogP contribution in [-0.4, -0.2) is 6.61 Å². The zero-order valence-corrected chi connectivity index (χ0v) is 13.2. The minimum Gasteiger partial charge on any atom is -0.488 e. The molecule has 1 heterocycles. The number of hydrogen-bond acceptors (Lipinski definition) is 1. The topological polar surface area (TPSA) is 9.23 Å². The van der Waals surface area contributed by atoms with Crippen molar-refractivity contribution >= 4 is 28.2 Å². The predicted octanol–water partition coefficient (Wildman–Crippen LogP) is 5.59. The van der Waals surface area contributed by atoms with Crippen molar-refractivity contribution < 1.29 is 4.74 Å². The lowest BCUT2D eigenvalue weighted by Gasteiger charge is -2.21. The molecule has 0 saturated heterocycles. The molecule has 0 atom stereocenters. The quantitative estimate of drug-likeness (QED) is 0.477. The van der Waals surface area contributed by atoms with Crippen LogP contribution in [0.1, 0.15) is 51.0 Å². The summed E-state index contributed by atoms with van der Waals surface area (Å²) in [6.45, 7) is 3.02. The molecule has 2 rings (SSSR count). The molecular weight excluding hydrogens is 335 g/mol. The largest absolute Gasteiger partial charge is 0.488 e. The SMILES string of the molecule is CCCCCCCC1=C(I)COc2ccccc21. The van der Waals surface area contributed by atoms with Crippen molar-refractivity contribution in [3.8, 4) is 5.75 Å². The van der Waals surface area contributed by atoms with E-state index in [0.717, 1.165) is 12.4 Å². The molecule has 1 aromatic carbocycles. The third-order valence-corrected chi connectivity index (χ3v) is 4.39. The van der Waals surface area contributed by atoms with Gasteiger partial charge in [-0.25, -0.2) is 0 Å². The lowest BCUT2D eigenvalue weighted by molar-refractivity contribution is 0.355. The van der Waals surface area contributed by atoms with E-state index in [-0.39, 0.29) is 0 Å². The fourth-order valence-corrected chi connectivity index (χ4v) is 3.11. The number of unbranched alkanes of at least 4 members (excludes halogenated alkanes) is 4. The summed E-state index contributed by atoms with van der Waals surface area (Å²) in [5.74, 6) is 1.06. The zero-order chi connectivity index (χ0) is 12.8. The maximum absolute atomic E-state index is 5.75. The van der Waals surface area contributed by atoms with Crippen molar-refractivity contribution in [2.24, 2.45) is 0 Å². The Bertz CT molecular complexity index is 423. The molecule has 18 heavy (non-hydrogen) atoms. The number of para-hydroxylation sites is 1. The molecule has 0 radical (unpaired) electrons. The standard InChI is InChI=1S/C16H21IO/c1-2-3-4-5-6-9-13-14-10-7-8-11-16(14)18-12-15(13)17/h7-8,10-11H,2-6,9,12H2,1H3. The second kappa shape index (κ2) is 7.17. The maximum Gasteiger partial charge on any atom is 0.127 e. The highest BCUT2D eigenvalue weighted by molar-refractivity contribution is 14.1. The van der Waals surface area contributed by atoms with Crippen LogP contribution in [0, 0.1) is 0 Å². The molecule has 0 N–H and O–H groups in total. The summed E-state index contributed by atoms with van der Waals surface area (Å²) in [5, 5.41) is 0. The Balaban J connectivity index is 1.98. The number of benzene rings is 1. The van der Waals surface area contributed by atoms with Gasteiger partial charge in [0.15, 0.2) is 0 Å². The van der Waals surface area contributed by atoms with Gasteiger partial charge in [-0.1, -0.05) is 50.8 Å². The smallest absolute Gasteiger partial charge is 0.127 e. The van der Waals surface area contributed by atoms with E-state index in [1.54, 1.807) is 0 Å². The number of halogens is 1. The highest BCUT2D eigenvalue weighted by atomic mass is 127. The predicted molar refractivity (Wildman–Crippen MR) is 86.3 cm³/mol. The molecule has 1 aliphatic heterocycles. The summed E-state index contributed by atoms with van der Waals surface area (Å²) >= 11 is 2.44. The number of hydrogen-bond donors (Lipinski definition) is 0. The van der Waals surface area contributed by atoms with Crippen LogP contribution in [-0.2, 0) is 0 Å². The van der Waals surface area contributed by atoms with Gasteiger partial charge in [-0.2, -0.15) is 0 Å². The van der Waals surface area contributed by atoms with Gasteiger partial charge >= 0.3 is 0 Å². The highest BCUT2D eigenvalue weighted by Gasteiger charge is 2.17. The Morgan fingerprint density at radius 3 is 2.72 bits per heavy atom. The lowest BCUT2D eigenvalue weighted by atomic mass is 9.97. The molecule has 2 heteroatoms. The van der Waals surface area contributed by atoms with Gasteiger partial charge in [-0.3, -0.25) is 0 Å². The van der Waals surface area contributed by atoms with Crippen LogP contribution >= 0.6 is 22.6 Å². The van der Waals surface area contributed by atoms with Gasteiger partial charge in [0, 0.05) is 9.14 Å². The number of allylic oxidation sites excluding steroid dienone is 1. The van der Waals surface area contributed by atoms with E-state index in [0.29, 0.717) is 0 Å². The zero-order valence-electron chi connectivity index (χ0n) is 11.0. The van der Waals surface area contributed by atoms with Crippen LogP contribution in [0.3, 0.4) is 0 Å². The van der Waals surface area contributed by atoms with E-state index >= 15 is 0 Å². The van der Waals surface area contributed by atoms with Crippen LogP contribution < -0.4 is 4.74 Å². The molecule has 0 saturated carbocycles. The van der Waals surface area contributed by atoms with E-state index in [9.17, 15) is 0 Å². The van der Waals surface area contributed by atoms with Crippen molar-refractivity contribution in [2.75, 3.05) is 6.61 Å². The fourth-order valence-electron chi connectivity index (χ4n) is 2.39. The van der Waals surface area contributed by atoms with Gasteiger partial charge in [-0.05, 0) is 47.1 Å². The molecule has 1 nitrogen and oxygen atoms in total. The van der Waals surface area contributed by atoms with Gasteiger partial charge in [0.2, 0.25) is 0 Å². The Kier molecular flexibility index (Phi) is 5.54. The molecular formula is C16H21IO. The molecule has 0 bridgehead atoms. The minimum atomic E-state index is 0.752. The van der Waals surface area contributed by atoms with E-state index in [4.69, 9.17) is 4.74 Å². The average Bonchev–Trinajstić information content (AvgIpc) is 2.41. The maximum atomic E-state index is 5.75. The Hall–Kier alpha value is -0.510. The summed E-state index contributed by atoms with van der Waals surface area (Å²) in [7, 11) is 0. The molecule has 1 aliphatic rings. The summed E-state index contributed by atoms with van der Waals surface area (Å²) in [4.78, 5) is 0. The van der Waals surface area contributed by atoms with Crippen molar-refractivity contribution in [1.29, 1.82) is 0 Å². The Morgan fingerprint density at radius 2 is 1.89 bits per heavy atom. The van der Waals surface area contributed by atoms with Crippen LogP contribution in [0.2, 0.25) is 0 Å². The van der Waals surface area contributed by atoms with Crippen LogP contribution in [0.25, 0.3) is 5.57 Å². The van der Waals surface area contributed by atoms with Crippen molar-refractivity contribution in [3.05, 3.63) is 33.4 Å². The van der Waals surface area contributed by atoms with Crippen molar-refractivity contribution in [1.82, 2.24) is 0 Å². The van der Waals surface area contributed by atoms with E-state index in [1.165, 1.54) is 53.2 Å². The molecule has 0 fully saturated rings. The first-order valence-corrected chi connectivity index (χ1v) is 8.00. The van der Waals surface area contributed by atoms with Gasteiger partial charge in [0.25, 0.3) is 0 Å². The first kappa shape index (κ1) is 13.9. The van der Waals surface area contributed by atoms with E-state index in [1.807, 2.05) is 0 Å². The van der Waals surface area contributed by atoms with Crippen LogP contribution in [0.15, 0.2) is 27.8 Å². The Labute approximate surface area is 124 Å². The monoisotopic (exact) mass is 356 g/mol. The molecule has 0 aromatic heterocycles. The molecule has 98 valence electrons. The van der Waals surface area contributed by atoms with Crippen LogP contribution in [0.4, 0.5) is 0 Å². The molecule has 0 spiro atoms. The number of ether oxygens (including phenoxy) is 1. The molecule has 0 amide bonds. The lowest BCUT2D eigenvalue weighted by Crippen LogP contribution is -2.08. The van der Waals surface area contributed by atoms with E-state index in [2.05, 4.69) is 53.8 Å². The molecule has 1 aromatic rings. The molecule has 0 unspecified atom stereocenters. The van der Waals surface area contributed by atoms with Gasteiger partial charge in [0.05, 0.1) is 0 Å². The third kappa shape index (κ3) is 3.50.